The molecule has 4 atom stereocenters. The number of carboxylic acids is 1. The smallest absolute Gasteiger partial charge is 0.326 e. The largest absolute Gasteiger partial charge is 0.508 e. The van der Waals surface area contributed by atoms with Crippen LogP contribution in [-0.4, -0.2) is 81.3 Å². The summed E-state index contributed by atoms with van der Waals surface area (Å²) in [4.78, 5) is 74.1. The van der Waals surface area contributed by atoms with Crippen molar-refractivity contribution in [3.05, 3.63) is 29.8 Å². The summed E-state index contributed by atoms with van der Waals surface area (Å²) in [5.74, 6) is -5.03. The van der Waals surface area contributed by atoms with Crippen molar-refractivity contribution in [3.63, 3.8) is 0 Å². The van der Waals surface area contributed by atoms with Crippen molar-refractivity contribution in [2.24, 2.45) is 17.2 Å². The first-order chi connectivity index (χ1) is 17.4. The summed E-state index contributed by atoms with van der Waals surface area (Å²) in [5, 5.41) is 23.8. The van der Waals surface area contributed by atoms with Crippen LogP contribution in [-0.2, 0) is 35.2 Å². The summed E-state index contributed by atoms with van der Waals surface area (Å²) in [5.41, 5.74) is 16.4. The van der Waals surface area contributed by atoms with Gasteiger partial charge in [-0.05, 0) is 37.0 Å². The predicted octanol–water partition coefficient (Wildman–Crippen LogP) is -2.55. The third-order valence-electron chi connectivity index (χ3n) is 5.88. The Morgan fingerprint density at radius 1 is 1.00 bits per heavy atom. The number of phenols is 1. The molecule has 2 rings (SSSR count). The van der Waals surface area contributed by atoms with Crippen LogP contribution in [0.25, 0.3) is 0 Å². The minimum atomic E-state index is -1.32. The molecule has 0 bridgehead atoms. The van der Waals surface area contributed by atoms with Gasteiger partial charge in [-0.15, -0.1) is 0 Å². The molecule has 0 aliphatic carbocycles. The van der Waals surface area contributed by atoms with E-state index >= 15 is 0 Å². The number of nitrogens with zero attached hydrogens (tertiary/aromatic N) is 1. The van der Waals surface area contributed by atoms with Gasteiger partial charge in [0.25, 0.3) is 0 Å². The van der Waals surface area contributed by atoms with Crippen LogP contribution >= 0.6 is 0 Å². The van der Waals surface area contributed by atoms with Crippen molar-refractivity contribution in [2.45, 2.75) is 62.7 Å². The monoisotopic (exact) mass is 520 g/mol. The number of benzene rings is 1. The lowest BCUT2D eigenvalue weighted by atomic mass is 10.0. The highest BCUT2D eigenvalue weighted by atomic mass is 16.4. The number of phenolic OH excluding ortho intramolecular Hbond substituents is 1. The van der Waals surface area contributed by atoms with Crippen LogP contribution < -0.4 is 27.8 Å². The molecule has 1 aromatic carbocycles. The maximum Gasteiger partial charge on any atom is 0.326 e. The number of hydrogen-bond acceptors (Lipinski definition) is 8. The summed E-state index contributed by atoms with van der Waals surface area (Å²) in [6.07, 6.45) is -0.253. The van der Waals surface area contributed by atoms with Gasteiger partial charge in [0, 0.05) is 19.4 Å². The van der Waals surface area contributed by atoms with E-state index in [0.717, 1.165) is 0 Å². The first kappa shape index (κ1) is 29.0. The third-order valence-corrected chi connectivity index (χ3v) is 5.88. The number of carbonyl (C=O) groups excluding carboxylic acids is 5. The number of aromatic hydroxyl groups is 1. The molecule has 0 spiro atoms. The molecule has 14 nitrogen and oxygen atoms in total. The predicted molar refractivity (Wildman–Crippen MR) is 128 cm³/mol. The van der Waals surface area contributed by atoms with Crippen LogP contribution in [0.3, 0.4) is 0 Å². The van der Waals surface area contributed by atoms with E-state index in [1.165, 1.54) is 29.2 Å². The van der Waals surface area contributed by atoms with Crippen molar-refractivity contribution < 1.29 is 39.0 Å². The average molecular weight is 521 g/mol. The normalized spacial score (nSPS) is 17.3. The number of rotatable bonds is 13. The van der Waals surface area contributed by atoms with Gasteiger partial charge in [-0.3, -0.25) is 24.0 Å². The topological polar surface area (TPSA) is 248 Å². The lowest BCUT2D eigenvalue weighted by Crippen LogP contribution is -2.57. The van der Waals surface area contributed by atoms with E-state index in [1.54, 1.807) is 0 Å². The van der Waals surface area contributed by atoms with Gasteiger partial charge in [-0.2, -0.15) is 0 Å². The summed E-state index contributed by atoms with van der Waals surface area (Å²) < 4.78 is 0. The van der Waals surface area contributed by atoms with Gasteiger partial charge in [0.05, 0.1) is 12.5 Å². The van der Waals surface area contributed by atoms with Gasteiger partial charge in [0.2, 0.25) is 29.5 Å². The summed E-state index contributed by atoms with van der Waals surface area (Å²) in [6.45, 7) is 0.156. The highest BCUT2D eigenvalue weighted by molar-refractivity contribution is 5.95. The molecular formula is C23H32N6O8. The SMILES string of the molecule is NC(=O)CCC(NC(=O)C(N)CC(N)=O)C(=O)N1CCCC1C(=O)NC(Cc1ccc(O)cc1)C(=O)O. The minimum Gasteiger partial charge on any atom is -0.508 e. The zero-order valence-corrected chi connectivity index (χ0v) is 20.1. The highest BCUT2D eigenvalue weighted by Gasteiger charge is 2.39. The molecular weight excluding hydrogens is 488 g/mol. The first-order valence-electron chi connectivity index (χ1n) is 11.6. The lowest BCUT2D eigenvalue weighted by molar-refractivity contribution is -0.145. The zero-order valence-electron chi connectivity index (χ0n) is 20.1. The number of hydrogen-bond donors (Lipinski definition) is 7. The number of nitrogens with two attached hydrogens (primary N) is 3. The van der Waals surface area contributed by atoms with Crippen molar-refractivity contribution in [1.29, 1.82) is 0 Å². The second-order valence-corrected chi connectivity index (χ2v) is 8.80. The molecule has 0 radical (unpaired) electrons. The molecule has 4 unspecified atom stereocenters. The summed E-state index contributed by atoms with van der Waals surface area (Å²) >= 11 is 0. The first-order valence-corrected chi connectivity index (χ1v) is 11.6. The molecule has 202 valence electrons. The Bertz CT molecular complexity index is 1030. The molecule has 1 heterocycles. The van der Waals surface area contributed by atoms with Crippen LogP contribution in [0.5, 0.6) is 5.75 Å². The Labute approximate surface area is 212 Å². The van der Waals surface area contributed by atoms with E-state index in [1.807, 2.05) is 0 Å². The Morgan fingerprint density at radius 3 is 2.22 bits per heavy atom. The van der Waals surface area contributed by atoms with Crippen LogP contribution in [0.2, 0.25) is 0 Å². The molecule has 1 aliphatic rings. The molecule has 1 aliphatic heterocycles. The molecule has 1 fully saturated rings. The van der Waals surface area contributed by atoms with Gasteiger partial charge in [-0.1, -0.05) is 12.1 Å². The van der Waals surface area contributed by atoms with Crippen molar-refractivity contribution in [2.75, 3.05) is 6.54 Å². The van der Waals surface area contributed by atoms with E-state index in [2.05, 4.69) is 10.6 Å². The third kappa shape index (κ3) is 8.75. The van der Waals surface area contributed by atoms with Gasteiger partial charge in [-0.25, -0.2) is 4.79 Å². The molecule has 5 amide bonds. The number of aliphatic carboxylic acids is 1. The fourth-order valence-corrected chi connectivity index (χ4v) is 3.97. The second-order valence-electron chi connectivity index (χ2n) is 8.80. The average Bonchev–Trinajstić information content (AvgIpc) is 3.31. The number of likely N-dealkylation sites (tertiary alicyclic amines) is 1. The maximum atomic E-state index is 13.3. The van der Waals surface area contributed by atoms with Crippen molar-refractivity contribution >= 4 is 35.5 Å². The lowest BCUT2D eigenvalue weighted by Gasteiger charge is -2.30. The Hall–Kier alpha value is -4.20. The second kappa shape index (κ2) is 13.2. The Balaban J connectivity index is 2.14. The van der Waals surface area contributed by atoms with E-state index in [-0.39, 0.29) is 38.0 Å². The highest BCUT2D eigenvalue weighted by Crippen LogP contribution is 2.20. The van der Waals surface area contributed by atoms with Crippen molar-refractivity contribution in [1.82, 2.24) is 15.5 Å². The summed E-state index contributed by atoms with van der Waals surface area (Å²) in [6, 6.07) is 0.936. The van der Waals surface area contributed by atoms with Crippen LogP contribution in [0.1, 0.15) is 37.7 Å². The number of carboxylic acid groups (broad SMARTS) is 1. The van der Waals surface area contributed by atoms with Gasteiger partial charge in [0.1, 0.15) is 23.9 Å². The van der Waals surface area contributed by atoms with E-state index in [4.69, 9.17) is 17.2 Å². The van der Waals surface area contributed by atoms with Crippen LogP contribution in [0.4, 0.5) is 0 Å². The Kier molecular flexibility index (Phi) is 10.4. The Morgan fingerprint density at radius 2 is 1.65 bits per heavy atom. The molecule has 1 aromatic rings. The standard InChI is InChI=1S/C23H32N6O8/c24-14(11-19(26)32)20(33)27-15(7-8-18(25)31)22(35)29-9-1-2-17(29)21(34)28-16(23(36)37)10-12-3-5-13(30)6-4-12/h3-6,14-17,30H,1-2,7-11,24H2,(H2,25,31)(H2,26,32)(H,27,33)(H,28,34)(H,36,37). The number of amides is 5. The summed E-state index contributed by atoms with van der Waals surface area (Å²) in [7, 11) is 0. The van der Waals surface area contributed by atoms with Gasteiger partial charge >= 0.3 is 5.97 Å². The molecule has 14 heteroatoms. The molecule has 1 saturated heterocycles. The zero-order chi connectivity index (χ0) is 27.7. The number of carbonyl (C=O) groups is 6. The molecule has 10 N–H and O–H groups in total. The molecule has 0 aromatic heterocycles. The molecule has 0 saturated carbocycles. The van der Waals surface area contributed by atoms with Gasteiger partial charge in [0.15, 0.2) is 0 Å². The van der Waals surface area contributed by atoms with E-state index < -0.39 is 66.1 Å². The molecule has 37 heavy (non-hydrogen) atoms. The minimum absolute atomic E-state index is 0.00772. The van der Waals surface area contributed by atoms with Gasteiger partial charge < -0.3 is 42.9 Å². The maximum absolute atomic E-state index is 13.3. The number of primary amides is 2. The fourth-order valence-electron chi connectivity index (χ4n) is 3.97. The quantitative estimate of drug-likeness (QED) is 0.144. The van der Waals surface area contributed by atoms with E-state index in [0.29, 0.717) is 12.0 Å². The fraction of sp³-hybridized carbons (Fsp3) is 0.478. The van der Waals surface area contributed by atoms with Crippen molar-refractivity contribution in [3.8, 4) is 5.75 Å². The van der Waals surface area contributed by atoms with Crippen LogP contribution in [0, 0.1) is 0 Å². The van der Waals surface area contributed by atoms with E-state index in [9.17, 15) is 39.0 Å². The number of nitrogens with one attached hydrogen (secondary N) is 2. The van der Waals surface area contributed by atoms with Crippen LogP contribution in [0.15, 0.2) is 24.3 Å².